The van der Waals surface area contributed by atoms with Crippen LogP contribution in [0.25, 0.3) is 0 Å². The van der Waals surface area contributed by atoms with Crippen molar-refractivity contribution >= 4 is 11.8 Å². The first-order valence-electron chi connectivity index (χ1n) is 5.23. The second kappa shape index (κ2) is 7.33. The van der Waals surface area contributed by atoms with Crippen LogP contribution in [0.4, 0.5) is 0 Å². The number of nitrogens with two attached hydrogens (primary N) is 1. The highest BCUT2D eigenvalue weighted by molar-refractivity contribution is 5.86. The maximum absolute atomic E-state index is 11.3. The summed E-state index contributed by atoms with van der Waals surface area (Å²) in [6, 6.07) is -0.412. The van der Waals surface area contributed by atoms with Crippen LogP contribution in [0, 0.1) is 5.92 Å². The lowest BCUT2D eigenvalue weighted by molar-refractivity contribution is -0.156. The van der Waals surface area contributed by atoms with Gasteiger partial charge < -0.3 is 25.8 Å². The van der Waals surface area contributed by atoms with E-state index >= 15 is 0 Å². The maximum Gasteiger partial charge on any atom is 0.310 e. The molecule has 0 aliphatic heterocycles. The summed E-state index contributed by atoms with van der Waals surface area (Å²) in [5, 5.41) is 26.7. The number of aliphatic hydroxyl groups is 3. The molecule has 0 radical (unpaired) electrons. The van der Waals surface area contributed by atoms with Crippen LogP contribution < -0.4 is 5.73 Å². The van der Waals surface area contributed by atoms with E-state index in [0.717, 1.165) is 0 Å². The second-order valence-electron chi connectivity index (χ2n) is 3.92. The van der Waals surface area contributed by atoms with E-state index in [1.165, 1.54) is 0 Å². The van der Waals surface area contributed by atoms with Gasteiger partial charge in [0, 0.05) is 6.04 Å². The van der Waals surface area contributed by atoms with Gasteiger partial charge in [-0.25, -0.2) is 0 Å². The first kappa shape index (κ1) is 16.0. The van der Waals surface area contributed by atoms with Crippen LogP contribution >= 0.6 is 0 Å². The number of carbonyl (C=O) groups excluding carboxylic acids is 2. The minimum atomic E-state index is -1.77. The van der Waals surface area contributed by atoms with Crippen molar-refractivity contribution in [3.8, 4) is 0 Å². The highest BCUT2D eigenvalue weighted by Crippen LogP contribution is 2.03. The van der Waals surface area contributed by atoms with E-state index < -0.39 is 49.1 Å². The molecule has 1 unspecified atom stereocenters. The minimum Gasteiger partial charge on any atom is -0.457 e. The molecule has 0 aliphatic carbocycles. The zero-order valence-electron chi connectivity index (χ0n) is 9.87. The first-order valence-corrected chi connectivity index (χ1v) is 5.23. The minimum absolute atomic E-state index is 0.412. The number of hydrogen-bond acceptors (Lipinski definition) is 7. The van der Waals surface area contributed by atoms with Gasteiger partial charge in [-0.1, -0.05) is 6.92 Å². The molecule has 17 heavy (non-hydrogen) atoms. The number of esters is 1. The first-order chi connectivity index (χ1) is 7.81. The van der Waals surface area contributed by atoms with Crippen molar-refractivity contribution in [2.45, 2.75) is 32.1 Å². The van der Waals surface area contributed by atoms with Crippen LogP contribution in [-0.2, 0) is 14.3 Å². The van der Waals surface area contributed by atoms with E-state index in [-0.39, 0.29) is 0 Å². The van der Waals surface area contributed by atoms with Gasteiger partial charge in [0.25, 0.3) is 0 Å². The van der Waals surface area contributed by atoms with Gasteiger partial charge in [-0.15, -0.1) is 0 Å². The van der Waals surface area contributed by atoms with Gasteiger partial charge in [0.2, 0.25) is 5.78 Å². The molecule has 100 valence electrons. The number of ketones is 1. The highest BCUT2D eigenvalue weighted by atomic mass is 16.5. The average Bonchev–Trinajstić information content (AvgIpc) is 2.32. The smallest absolute Gasteiger partial charge is 0.310 e. The third-order valence-electron chi connectivity index (χ3n) is 2.40. The van der Waals surface area contributed by atoms with Gasteiger partial charge in [0.05, 0.1) is 12.5 Å². The molecule has 5 N–H and O–H groups in total. The predicted molar refractivity (Wildman–Crippen MR) is 57.9 cm³/mol. The van der Waals surface area contributed by atoms with Crippen LogP contribution in [0.2, 0.25) is 0 Å². The summed E-state index contributed by atoms with van der Waals surface area (Å²) in [7, 11) is 0. The fraction of sp³-hybridized carbons (Fsp3) is 0.800. The van der Waals surface area contributed by atoms with Crippen LogP contribution in [0.5, 0.6) is 0 Å². The third-order valence-corrected chi connectivity index (χ3v) is 2.40. The highest BCUT2D eigenvalue weighted by Gasteiger charge is 2.26. The fourth-order valence-corrected chi connectivity index (χ4v) is 0.888. The molecule has 0 spiro atoms. The van der Waals surface area contributed by atoms with Crippen molar-refractivity contribution in [1.29, 1.82) is 0 Å². The zero-order chi connectivity index (χ0) is 13.6. The van der Waals surface area contributed by atoms with E-state index in [9.17, 15) is 14.7 Å². The lowest BCUT2D eigenvalue weighted by Crippen LogP contribution is -2.40. The number of Topliss-reactive ketones (excluding diaryl/α,β-unsaturated/α-hetero) is 1. The Morgan fingerprint density at radius 3 is 2.24 bits per heavy atom. The SMILES string of the molecule is CC(C(=O)OCC(=O)[C@@H](O)[C@H](O)CO)[C@@H](C)N. The Hall–Kier alpha value is -1.02. The summed E-state index contributed by atoms with van der Waals surface area (Å²) >= 11 is 0. The molecule has 0 amide bonds. The average molecular weight is 249 g/mol. The van der Waals surface area contributed by atoms with Crippen molar-refractivity contribution in [3.05, 3.63) is 0 Å². The second-order valence-corrected chi connectivity index (χ2v) is 3.92. The van der Waals surface area contributed by atoms with Crippen LogP contribution in [0.3, 0.4) is 0 Å². The topological polar surface area (TPSA) is 130 Å². The lowest BCUT2D eigenvalue weighted by atomic mass is 10.1. The summed E-state index contributed by atoms with van der Waals surface area (Å²) < 4.78 is 4.62. The molecule has 0 bridgehead atoms. The molecule has 0 fully saturated rings. The van der Waals surface area contributed by atoms with E-state index in [1.54, 1.807) is 13.8 Å². The van der Waals surface area contributed by atoms with Crippen molar-refractivity contribution in [1.82, 2.24) is 0 Å². The Bertz CT molecular complexity index is 268. The van der Waals surface area contributed by atoms with Crippen molar-refractivity contribution < 1.29 is 29.6 Å². The normalized spacial score (nSPS) is 18.0. The number of rotatable bonds is 7. The molecule has 0 saturated heterocycles. The van der Waals surface area contributed by atoms with Crippen molar-refractivity contribution in [2.75, 3.05) is 13.2 Å². The van der Waals surface area contributed by atoms with E-state index in [2.05, 4.69) is 4.74 Å². The van der Waals surface area contributed by atoms with Gasteiger partial charge in [0.15, 0.2) is 6.61 Å². The summed E-state index contributed by atoms with van der Waals surface area (Å²) in [6.07, 6.45) is -3.34. The summed E-state index contributed by atoms with van der Waals surface area (Å²) in [6.45, 7) is 1.76. The molecular weight excluding hydrogens is 230 g/mol. The third kappa shape index (κ3) is 5.22. The molecule has 0 rings (SSSR count). The summed E-state index contributed by atoms with van der Waals surface area (Å²) in [5.41, 5.74) is 5.46. The molecule has 0 aliphatic rings. The molecule has 7 nitrogen and oxygen atoms in total. The van der Waals surface area contributed by atoms with Crippen LogP contribution in [-0.4, -0.2) is 58.5 Å². The van der Waals surface area contributed by atoms with E-state index in [4.69, 9.17) is 15.9 Å². The molecular formula is C10H19NO6. The van der Waals surface area contributed by atoms with Gasteiger partial charge in [0.1, 0.15) is 12.2 Å². The Balaban J connectivity index is 4.12. The molecule has 0 heterocycles. The molecule has 0 aromatic carbocycles. The summed E-state index contributed by atoms with van der Waals surface area (Å²) in [4.78, 5) is 22.5. The fourth-order valence-electron chi connectivity index (χ4n) is 0.888. The van der Waals surface area contributed by atoms with Crippen LogP contribution in [0.15, 0.2) is 0 Å². The molecule has 7 heteroatoms. The Morgan fingerprint density at radius 2 is 1.82 bits per heavy atom. The summed E-state index contributed by atoms with van der Waals surface area (Å²) in [5.74, 6) is -2.10. The molecule has 0 saturated carbocycles. The monoisotopic (exact) mass is 249 g/mol. The van der Waals surface area contributed by atoms with E-state index in [1.807, 2.05) is 0 Å². The van der Waals surface area contributed by atoms with Crippen molar-refractivity contribution in [3.63, 3.8) is 0 Å². The van der Waals surface area contributed by atoms with Gasteiger partial charge in [-0.05, 0) is 6.92 Å². The number of hydrogen-bond donors (Lipinski definition) is 4. The van der Waals surface area contributed by atoms with Gasteiger partial charge in [-0.2, -0.15) is 0 Å². The van der Waals surface area contributed by atoms with Gasteiger partial charge in [-0.3, -0.25) is 9.59 Å². The molecule has 4 atom stereocenters. The standard InChI is InChI=1S/C10H19NO6/c1-5(6(2)11)10(16)17-4-8(14)9(15)7(13)3-12/h5-7,9,12-13,15H,3-4,11H2,1-2H3/t5?,6-,7-,9+/m1/s1. The van der Waals surface area contributed by atoms with Crippen molar-refractivity contribution in [2.24, 2.45) is 11.7 Å². The van der Waals surface area contributed by atoms with Crippen LogP contribution in [0.1, 0.15) is 13.8 Å². The molecule has 0 aromatic rings. The van der Waals surface area contributed by atoms with E-state index in [0.29, 0.717) is 0 Å². The van der Waals surface area contributed by atoms with Gasteiger partial charge >= 0.3 is 5.97 Å². The Morgan fingerprint density at radius 1 is 1.29 bits per heavy atom. The molecule has 0 aromatic heterocycles. The quantitative estimate of drug-likeness (QED) is 0.376. The predicted octanol–water partition coefficient (Wildman–Crippen LogP) is -2.20. The number of carbonyl (C=O) groups is 2. The number of ether oxygens (including phenoxy) is 1. The number of aliphatic hydroxyl groups excluding tert-OH is 3. The lowest BCUT2D eigenvalue weighted by Gasteiger charge is -2.16. The zero-order valence-corrected chi connectivity index (χ0v) is 9.87. The Labute approximate surface area is 99.2 Å². The largest absolute Gasteiger partial charge is 0.457 e. The maximum atomic E-state index is 11.3. The Kier molecular flexibility index (Phi) is 6.89.